The Labute approximate surface area is 115 Å². The molecule has 0 aliphatic rings. The van der Waals surface area contributed by atoms with Crippen molar-refractivity contribution in [1.82, 2.24) is 5.32 Å². The summed E-state index contributed by atoms with van der Waals surface area (Å²) in [6, 6.07) is 5.19. The number of hydrogen-bond donors (Lipinski definition) is 2. The molecule has 0 bridgehead atoms. The van der Waals surface area contributed by atoms with E-state index in [1.807, 2.05) is 25.1 Å². The van der Waals surface area contributed by atoms with Crippen LogP contribution in [-0.2, 0) is 11.3 Å². The van der Waals surface area contributed by atoms with Gasteiger partial charge in [-0.15, -0.1) is 0 Å². The van der Waals surface area contributed by atoms with Crippen LogP contribution >= 0.6 is 15.9 Å². The van der Waals surface area contributed by atoms with Crippen molar-refractivity contribution < 1.29 is 14.6 Å². The Morgan fingerprint density at radius 1 is 1.56 bits per heavy atom. The summed E-state index contributed by atoms with van der Waals surface area (Å²) in [6.07, 6.45) is 1.45. The fourth-order valence-corrected chi connectivity index (χ4v) is 2.04. The van der Waals surface area contributed by atoms with Gasteiger partial charge in [0, 0.05) is 16.6 Å². The molecule has 1 unspecified atom stereocenters. The molecular weight excluding hydrogens is 298 g/mol. The van der Waals surface area contributed by atoms with E-state index in [0.717, 1.165) is 22.2 Å². The Morgan fingerprint density at radius 3 is 2.83 bits per heavy atom. The van der Waals surface area contributed by atoms with Crippen molar-refractivity contribution in [3.8, 4) is 5.75 Å². The van der Waals surface area contributed by atoms with Crippen molar-refractivity contribution in [1.29, 1.82) is 0 Å². The number of carbonyl (C=O) groups is 1. The van der Waals surface area contributed by atoms with Gasteiger partial charge in [-0.1, -0.05) is 35.3 Å². The van der Waals surface area contributed by atoms with E-state index in [-0.39, 0.29) is 0 Å². The predicted octanol–water partition coefficient (Wildman–Crippen LogP) is 2.80. The third kappa shape index (κ3) is 4.31. The van der Waals surface area contributed by atoms with E-state index in [9.17, 15) is 4.79 Å². The lowest BCUT2D eigenvalue weighted by molar-refractivity contribution is -0.139. The summed E-state index contributed by atoms with van der Waals surface area (Å²) in [7, 11) is 1.60. The normalized spacial score (nSPS) is 12.2. The van der Waals surface area contributed by atoms with Gasteiger partial charge in [0.15, 0.2) is 0 Å². The van der Waals surface area contributed by atoms with Gasteiger partial charge in [0.2, 0.25) is 0 Å². The standard InChI is InChI=1S/C13H18BrNO3/c1-3-4-11(13(16)17)15-8-9-5-6-10(14)7-12(9)18-2/h5-7,11,15H,3-4,8H2,1-2H3,(H,16,17). The first kappa shape index (κ1) is 15.0. The summed E-state index contributed by atoms with van der Waals surface area (Å²) in [4.78, 5) is 11.0. The summed E-state index contributed by atoms with van der Waals surface area (Å²) in [5.41, 5.74) is 0.947. The van der Waals surface area contributed by atoms with Crippen LogP contribution in [0.25, 0.3) is 0 Å². The first-order valence-electron chi connectivity index (χ1n) is 5.87. The number of carboxylic acid groups (broad SMARTS) is 1. The van der Waals surface area contributed by atoms with Crippen LogP contribution in [0.1, 0.15) is 25.3 Å². The zero-order chi connectivity index (χ0) is 13.5. The molecule has 5 heteroatoms. The van der Waals surface area contributed by atoms with Gasteiger partial charge in [0.05, 0.1) is 7.11 Å². The van der Waals surface area contributed by atoms with Crippen LogP contribution in [0.15, 0.2) is 22.7 Å². The maximum absolute atomic E-state index is 11.0. The van der Waals surface area contributed by atoms with Gasteiger partial charge in [-0.2, -0.15) is 0 Å². The second-order valence-corrected chi connectivity index (χ2v) is 4.93. The molecule has 0 saturated heterocycles. The lowest BCUT2D eigenvalue weighted by Gasteiger charge is -2.15. The Kier molecular flexibility index (Phi) is 6.15. The summed E-state index contributed by atoms with van der Waals surface area (Å²) in [5, 5.41) is 12.1. The average Bonchev–Trinajstić information content (AvgIpc) is 2.35. The SMILES string of the molecule is CCCC(NCc1ccc(Br)cc1OC)C(=O)O. The van der Waals surface area contributed by atoms with Crippen LogP contribution in [0.5, 0.6) is 5.75 Å². The molecule has 0 saturated carbocycles. The molecule has 0 aromatic heterocycles. The highest BCUT2D eigenvalue weighted by Gasteiger charge is 2.16. The monoisotopic (exact) mass is 315 g/mol. The van der Waals surface area contributed by atoms with Crippen molar-refractivity contribution in [2.45, 2.75) is 32.4 Å². The average molecular weight is 316 g/mol. The molecule has 1 aromatic carbocycles. The molecule has 0 aliphatic heterocycles. The van der Waals surface area contributed by atoms with Crippen LogP contribution in [0, 0.1) is 0 Å². The van der Waals surface area contributed by atoms with E-state index in [1.54, 1.807) is 7.11 Å². The van der Waals surface area contributed by atoms with Gasteiger partial charge in [-0.25, -0.2) is 0 Å². The molecule has 0 spiro atoms. The van der Waals surface area contributed by atoms with Gasteiger partial charge in [0.1, 0.15) is 11.8 Å². The van der Waals surface area contributed by atoms with Gasteiger partial charge in [0.25, 0.3) is 0 Å². The molecule has 100 valence electrons. The van der Waals surface area contributed by atoms with Gasteiger partial charge < -0.3 is 15.2 Å². The summed E-state index contributed by atoms with van der Waals surface area (Å²) < 4.78 is 6.20. The summed E-state index contributed by atoms with van der Waals surface area (Å²) >= 11 is 3.37. The molecule has 4 nitrogen and oxygen atoms in total. The first-order chi connectivity index (χ1) is 8.58. The summed E-state index contributed by atoms with van der Waals surface area (Å²) in [5.74, 6) is -0.0644. The molecule has 0 fully saturated rings. The number of methoxy groups -OCH3 is 1. The lowest BCUT2D eigenvalue weighted by Crippen LogP contribution is -2.36. The molecule has 0 radical (unpaired) electrons. The second kappa shape index (κ2) is 7.38. The number of nitrogens with one attached hydrogen (secondary N) is 1. The Hall–Kier alpha value is -1.07. The van der Waals surface area contributed by atoms with E-state index in [4.69, 9.17) is 9.84 Å². The van der Waals surface area contributed by atoms with Crippen LogP contribution in [0.3, 0.4) is 0 Å². The molecule has 0 aliphatic carbocycles. The molecular formula is C13H18BrNO3. The van der Waals surface area contributed by atoms with E-state index in [1.165, 1.54) is 0 Å². The van der Waals surface area contributed by atoms with Crippen molar-refractivity contribution >= 4 is 21.9 Å². The van der Waals surface area contributed by atoms with Crippen LogP contribution in [0.4, 0.5) is 0 Å². The van der Waals surface area contributed by atoms with Gasteiger partial charge in [-0.3, -0.25) is 4.79 Å². The highest BCUT2D eigenvalue weighted by Crippen LogP contribution is 2.23. The van der Waals surface area contributed by atoms with Gasteiger partial charge in [-0.05, 0) is 18.6 Å². The maximum Gasteiger partial charge on any atom is 0.320 e. The Balaban J connectivity index is 2.69. The third-order valence-electron chi connectivity index (χ3n) is 2.66. The predicted molar refractivity (Wildman–Crippen MR) is 73.9 cm³/mol. The lowest BCUT2D eigenvalue weighted by atomic mass is 10.1. The molecule has 18 heavy (non-hydrogen) atoms. The van der Waals surface area contributed by atoms with Crippen molar-refractivity contribution in [2.24, 2.45) is 0 Å². The zero-order valence-corrected chi connectivity index (χ0v) is 12.2. The smallest absolute Gasteiger partial charge is 0.320 e. The zero-order valence-electron chi connectivity index (χ0n) is 10.6. The number of aliphatic carboxylic acids is 1. The van der Waals surface area contributed by atoms with E-state index < -0.39 is 12.0 Å². The minimum Gasteiger partial charge on any atom is -0.496 e. The minimum absolute atomic E-state index is 0.480. The number of benzene rings is 1. The molecule has 0 heterocycles. The number of halogens is 1. The van der Waals surface area contributed by atoms with Gasteiger partial charge >= 0.3 is 5.97 Å². The van der Waals surface area contributed by atoms with Crippen molar-refractivity contribution in [3.63, 3.8) is 0 Å². The first-order valence-corrected chi connectivity index (χ1v) is 6.66. The Bertz CT molecular complexity index is 409. The molecule has 1 rings (SSSR count). The van der Waals surface area contributed by atoms with Crippen LogP contribution < -0.4 is 10.1 Å². The minimum atomic E-state index is -0.812. The topological polar surface area (TPSA) is 58.6 Å². The quantitative estimate of drug-likeness (QED) is 0.812. The van der Waals surface area contributed by atoms with Crippen LogP contribution in [-0.4, -0.2) is 24.2 Å². The third-order valence-corrected chi connectivity index (χ3v) is 3.16. The molecule has 2 N–H and O–H groups in total. The molecule has 1 atom stereocenters. The maximum atomic E-state index is 11.0. The van der Waals surface area contributed by atoms with Crippen LogP contribution in [0.2, 0.25) is 0 Å². The summed E-state index contributed by atoms with van der Waals surface area (Å²) in [6.45, 7) is 2.45. The highest BCUT2D eigenvalue weighted by molar-refractivity contribution is 9.10. The Morgan fingerprint density at radius 2 is 2.28 bits per heavy atom. The van der Waals surface area contributed by atoms with E-state index in [2.05, 4.69) is 21.2 Å². The second-order valence-electron chi connectivity index (χ2n) is 4.02. The van der Waals surface area contributed by atoms with E-state index >= 15 is 0 Å². The fraction of sp³-hybridized carbons (Fsp3) is 0.462. The van der Waals surface area contributed by atoms with E-state index in [0.29, 0.717) is 13.0 Å². The molecule has 0 amide bonds. The van der Waals surface area contributed by atoms with Crippen molar-refractivity contribution in [2.75, 3.05) is 7.11 Å². The highest BCUT2D eigenvalue weighted by atomic mass is 79.9. The number of rotatable bonds is 7. The largest absolute Gasteiger partial charge is 0.496 e. The number of carboxylic acids is 1. The van der Waals surface area contributed by atoms with Crippen molar-refractivity contribution in [3.05, 3.63) is 28.2 Å². The molecule has 1 aromatic rings. The fourth-order valence-electron chi connectivity index (χ4n) is 1.70. The number of hydrogen-bond acceptors (Lipinski definition) is 3. The number of ether oxygens (including phenoxy) is 1.